The Hall–Kier alpha value is -2.19. The van der Waals surface area contributed by atoms with E-state index in [1.54, 1.807) is 0 Å². The van der Waals surface area contributed by atoms with Crippen LogP contribution in [0.15, 0.2) is 23.7 Å². The predicted molar refractivity (Wildman–Crippen MR) is 96.1 cm³/mol. The van der Waals surface area contributed by atoms with Gasteiger partial charge in [-0.1, -0.05) is 6.08 Å². The average molecular weight is 363 g/mol. The van der Waals surface area contributed by atoms with Gasteiger partial charge in [0.15, 0.2) is 0 Å². The lowest BCUT2D eigenvalue weighted by atomic mass is 9.76. The lowest BCUT2D eigenvalue weighted by molar-refractivity contribution is -0.118. The Morgan fingerprint density at radius 3 is 2.31 bits per heavy atom. The first-order valence-electron chi connectivity index (χ1n) is 8.26. The maximum Gasteiger partial charge on any atom is 0.492 e. The topological polar surface area (TPSA) is 84.9 Å². The standard InChI is InChI=1S/C18H23BFNO5/c1-11(22)21-10-14(19-25-17(2,3)18(4,5)26-19)9-13-8-12(16(23)24)6-7-15(13)20/h6-9H,10H2,1-5H3,(H,21,22)(H,23,24). The van der Waals surface area contributed by atoms with Gasteiger partial charge in [0.1, 0.15) is 5.82 Å². The van der Waals surface area contributed by atoms with Gasteiger partial charge in [0, 0.05) is 19.0 Å². The van der Waals surface area contributed by atoms with Crippen molar-refractivity contribution in [2.75, 3.05) is 6.54 Å². The highest BCUT2D eigenvalue weighted by molar-refractivity contribution is 6.56. The molecule has 1 aliphatic heterocycles. The minimum atomic E-state index is -1.15. The van der Waals surface area contributed by atoms with Crippen LogP contribution < -0.4 is 5.32 Å². The Morgan fingerprint density at radius 2 is 1.81 bits per heavy atom. The van der Waals surface area contributed by atoms with Crippen LogP contribution in [0.25, 0.3) is 6.08 Å². The molecular weight excluding hydrogens is 340 g/mol. The van der Waals surface area contributed by atoms with E-state index in [9.17, 15) is 14.0 Å². The fraction of sp³-hybridized carbons (Fsp3) is 0.444. The normalized spacial score (nSPS) is 18.7. The van der Waals surface area contributed by atoms with Crippen LogP contribution in [-0.4, -0.2) is 41.8 Å². The number of halogens is 1. The van der Waals surface area contributed by atoms with Crippen molar-refractivity contribution in [3.63, 3.8) is 0 Å². The molecule has 0 saturated carbocycles. The van der Waals surface area contributed by atoms with Crippen LogP contribution in [0.4, 0.5) is 4.39 Å². The van der Waals surface area contributed by atoms with E-state index in [-0.39, 0.29) is 23.6 Å². The van der Waals surface area contributed by atoms with Gasteiger partial charge in [-0.2, -0.15) is 0 Å². The van der Waals surface area contributed by atoms with Crippen molar-refractivity contribution in [2.45, 2.75) is 45.8 Å². The number of carbonyl (C=O) groups is 2. The second-order valence-electron chi connectivity index (χ2n) is 7.26. The number of rotatable bonds is 5. The van der Waals surface area contributed by atoms with Crippen LogP contribution >= 0.6 is 0 Å². The lowest BCUT2D eigenvalue weighted by Gasteiger charge is -2.32. The summed E-state index contributed by atoms with van der Waals surface area (Å²) in [5.74, 6) is -1.99. The van der Waals surface area contributed by atoms with E-state index < -0.39 is 30.1 Å². The van der Waals surface area contributed by atoms with Gasteiger partial charge in [0.25, 0.3) is 0 Å². The largest absolute Gasteiger partial charge is 0.492 e. The molecule has 2 rings (SSSR count). The third-order valence-corrected chi connectivity index (χ3v) is 4.68. The molecule has 1 aromatic carbocycles. The first-order chi connectivity index (χ1) is 11.9. The number of carboxylic acids is 1. The molecule has 140 valence electrons. The molecular formula is C18H23BFNO5. The smallest absolute Gasteiger partial charge is 0.478 e. The van der Waals surface area contributed by atoms with E-state index in [4.69, 9.17) is 14.4 Å². The van der Waals surface area contributed by atoms with Gasteiger partial charge >= 0.3 is 13.1 Å². The Labute approximate surface area is 152 Å². The van der Waals surface area contributed by atoms with Crippen molar-refractivity contribution in [3.8, 4) is 0 Å². The van der Waals surface area contributed by atoms with Crippen molar-refractivity contribution in [2.24, 2.45) is 0 Å². The summed E-state index contributed by atoms with van der Waals surface area (Å²) >= 11 is 0. The highest BCUT2D eigenvalue weighted by Gasteiger charge is 2.52. The van der Waals surface area contributed by atoms with E-state index >= 15 is 0 Å². The van der Waals surface area contributed by atoms with Crippen molar-refractivity contribution in [1.82, 2.24) is 5.32 Å². The maximum atomic E-state index is 14.2. The van der Waals surface area contributed by atoms with Crippen LogP contribution in [0.2, 0.25) is 0 Å². The molecule has 1 saturated heterocycles. The van der Waals surface area contributed by atoms with Gasteiger partial charge in [-0.25, -0.2) is 9.18 Å². The molecule has 0 radical (unpaired) electrons. The number of carbonyl (C=O) groups excluding carboxylic acids is 1. The van der Waals surface area contributed by atoms with Gasteiger partial charge < -0.3 is 19.7 Å². The van der Waals surface area contributed by atoms with Crippen molar-refractivity contribution >= 4 is 25.1 Å². The second kappa shape index (κ2) is 7.21. The highest BCUT2D eigenvalue weighted by Crippen LogP contribution is 2.38. The van der Waals surface area contributed by atoms with Gasteiger partial charge in [0.2, 0.25) is 5.91 Å². The van der Waals surface area contributed by atoms with E-state index in [2.05, 4.69) is 5.32 Å². The Balaban J connectivity index is 2.42. The second-order valence-corrected chi connectivity index (χ2v) is 7.26. The first-order valence-corrected chi connectivity index (χ1v) is 8.26. The zero-order valence-corrected chi connectivity index (χ0v) is 15.6. The number of carboxylic acid groups (broad SMARTS) is 1. The van der Waals surface area contributed by atoms with E-state index in [0.717, 1.165) is 6.07 Å². The minimum Gasteiger partial charge on any atom is -0.478 e. The maximum absolute atomic E-state index is 14.2. The number of nitrogens with one attached hydrogen (secondary N) is 1. The number of aromatic carboxylic acids is 1. The fourth-order valence-electron chi connectivity index (χ4n) is 2.41. The van der Waals surface area contributed by atoms with Crippen LogP contribution in [0.3, 0.4) is 0 Å². The van der Waals surface area contributed by atoms with Crippen molar-refractivity contribution in [3.05, 3.63) is 40.6 Å². The average Bonchev–Trinajstić information content (AvgIpc) is 2.72. The molecule has 0 aromatic heterocycles. The summed E-state index contributed by atoms with van der Waals surface area (Å²) in [5.41, 5.74) is -0.672. The highest BCUT2D eigenvalue weighted by atomic mass is 19.1. The zero-order valence-electron chi connectivity index (χ0n) is 15.6. The Kier molecular flexibility index (Phi) is 5.58. The Bertz CT molecular complexity index is 744. The minimum absolute atomic E-state index is 0.0366. The SMILES string of the molecule is CC(=O)NCC(=Cc1cc(C(=O)O)ccc1F)B1OC(C)(C)C(C)(C)O1. The zero-order chi connectivity index (χ0) is 19.7. The summed E-state index contributed by atoms with van der Waals surface area (Å²) in [6.07, 6.45) is 1.46. The molecule has 6 nitrogen and oxygen atoms in total. The van der Waals surface area contributed by atoms with Crippen molar-refractivity contribution in [1.29, 1.82) is 0 Å². The molecule has 0 spiro atoms. The summed E-state index contributed by atoms with van der Waals surface area (Å²) in [4.78, 5) is 22.5. The third-order valence-electron chi connectivity index (χ3n) is 4.68. The van der Waals surface area contributed by atoms with Gasteiger partial charge in [-0.3, -0.25) is 4.79 Å². The fourth-order valence-corrected chi connectivity index (χ4v) is 2.41. The molecule has 1 fully saturated rings. The van der Waals surface area contributed by atoms with Crippen LogP contribution in [0.1, 0.15) is 50.5 Å². The van der Waals surface area contributed by atoms with E-state index in [0.29, 0.717) is 5.47 Å². The summed E-state index contributed by atoms with van der Waals surface area (Å²) in [5, 5.41) is 11.8. The van der Waals surface area contributed by atoms with Crippen molar-refractivity contribution < 1.29 is 28.4 Å². The van der Waals surface area contributed by atoms with E-state index in [1.807, 2.05) is 27.7 Å². The summed E-state index contributed by atoms with van der Waals surface area (Å²) in [7, 11) is -0.792. The molecule has 1 heterocycles. The number of hydrogen-bond donors (Lipinski definition) is 2. The molecule has 0 aliphatic carbocycles. The molecule has 1 aromatic rings. The molecule has 0 atom stereocenters. The molecule has 2 N–H and O–H groups in total. The molecule has 8 heteroatoms. The monoisotopic (exact) mass is 363 g/mol. The molecule has 1 amide bonds. The lowest BCUT2D eigenvalue weighted by Crippen LogP contribution is -2.41. The molecule has 0 unspecified atom stereocenters. The van der Waals surface area contributed by atoms with Gasteiger partial charge in [-0.15, -0.1) is 0 Å². The first kappa shape index (κ1) is 20.1. The third kappa shape index (κ3) is 4.31. The molecule has 0 bridgehead atoms. The van der Waals surface area contributed by atoms with Crippen LogP contribution in [0.5, 0.6) is 0 Å². The summed E-state index contributed by atoms with van der Waals surface area (Å²) < 4.78 is 26.1. The van der Waals surface area contributed by atoms with E-state index in [1.165, 1.54) is 25.1 Å². The van der Waals surface area contributed by atoms with Crippen LogP contribution in [0, 0.1) is 5.82 Å². The Morgan fingerprint density at radius 1 is 1.23 bits per heavy atom. The summed E-state index contributed by atoms with van der Waals surface area (Å²) in [6.45, 7) is 8.99. The number of benzene rings is 1. The molecule has 26 heavy (non-hydrogen) atoms. The summed E-state index contributed by atoms with van der Waals surface area (Å²) in [6, 6.07) is 3.52. The van der Waals surface area contributed by atoms with Gasteiger partial charge in [0.05, 0.1) is 16.8 Å². The molecule has 1 aliphatic rings. The predicted octanol–water partition coefficient (Wildman–Crippen LogP) is 2.67. The number of hydrogen-bond acceptors (Lipinski definition) is 4. The quantitative estimate of drug-likeness (QED) is 0.786. The number of amides is 1. The van der Waals surface area contributed by atoms with Crippen LogP contribution in [-0.2, 0) is 14.1 Å². The van der Waals surface area contributed by atoms with Gasteiger partial charge in [-0.05, 0) is 51.4 Å².